The lowest BCUT2D eigenvalue weighted by molar-refractivity contribution is -0.384. The average molecular weight is 408 g/mol. The third-order valence-corrected chi connectivity index (χ3v) is 4.81. The number of ether oxygens (including phenoxy) is 1. The first-order valence-corrected chi connectivity index (χ1v) is 9.44. The van der Waals surface area contributed by atoms with Crippen LogP contribution in [0.4, 0.5) is 11.5 Å². The Labute approximate surface area is 172 Å². The first-order chi connectivity index (χ1) is 14.6. The fourth-order valence-corrected chi connectivity index (χ4v) is 3.25. The number of nitro benzene ring substituents is 1. The molecule has 0 bridgehead atoms. The number of benzene rings is 1. The van der Waals surface area contributed by atoms with E-state index >= 15 is 0 Å². The van der Waals surface area contributed by atoms with Crippen LogP contribution in [0.25, 0.3) is 5.69 Å². The van der Waals surface area contributed by atoms with E-state index in [1.807, 2.05) is 12.1 Å². The van der Waals surface area contributed by atoms with Crippen LogP contribution in [0.3, 0.4) is 0 Å². The van der Waals surface area contributed by atoms with E-state index in [0.717, 1.165) is 24.5 Å². The molecule has 1 aliphatic heterocycles. The second-order valence-corrected chi connectivity index (χ2v) is 6.73. The van der Waals surface area contributed by atoms with Crippen LogP contribution in [0.5, 0.6) is 0 Å². The van der Waals surface area contributed by atoms with E-state index < -0.39 is 4.92 Å². The summed E-state index contributed by atoms with van der Waals surface area (Å²) in [6, 6.07) is 8.13. The van der Waals surface area contributed by atoms with Crippen LogP contribution < -0.4 is 10.2 Å². The highest BCUT2D eigenvalue weighted by atomic mass is 16.6. The van der Waals surface area contributed by atoms with Gasteiger partial charge in [0, 0.05) is 49.9 Å². The number of nitrogens with one attached hydrogen (secondary N) is 1. The third-order valence-electron chi connectivity index (χ3n) is 4.81. The Hall–Kier alpha value is -3.79. The van der Waals surface area contributed by atoms with Crippen LogP contribution in [0.15, 0.2) is 55.2 Å². The molecule has 0 unspecified atom stereocenters. The summed E-state index contributed by atoms with van der Waals surface area (Å²) >= 11 is 0. The molecule has 1 amide bonds. The van der Waals surface area contributed by atoms with Crippen LogP contribution in [-0.2, 0) is 11.3 Å². The zero-order valence-electron chi connectivity index (χ0n) is 16.1. The number of rotatable bonds is 6. The van der Waals surface area contributed by atoms with Gasteiger partial charge in [-0.1, -0.05) is 0 Å². The van der Waals surface area contributed by atoms with E-state index in [1.54, 1.807) is 18.5 Å². The predicted molar refractivity (Wildman–Crippen MR) is 109 cm³/mol. The predicted octanol–water partition coefficient (Wildman–Crippen LogP) is 1.94. The van der Waals surface area contributed by atoms with E-state index in [9.17, 15) is 14.9 Å². The molecule has 154 valence electrons. The second kappa shape index (κ2) is 8.70. The molecule has 0 radical (unpaired) electrons. The zero-order chi connectivity index (χ0) is 20.9. The summed E-state index contributed by atoms with van der Waals surface area (Å²) in [5.74, 6) is 0.449. The van der Waals surface area contributed by atoms with Crippen molar-refractivity contribution in [2.24, 2.45) is 0 Å². The van der Waals surface area contributed by atoms with Gasteiger partial charge in [-0.15, -0.1) is 0 Å². The van der Waals surface area contributed by atoms with Gasteiger partial charge < -0.3 is 19.5 Å². The molecule has 1 N–H and O–H groups in total. The van der Waals surface area contributed by atoms with Gasteiger partial charge in [0.05, 0.1) is 24.5 Å². The topological polar surface area (TPSA) is 115 Å². The van der Waals surface area contributed by atoms with Crippen molar-refractivity contribution in [1.82, 2.24) is 19.9 Å². The molecule has 1 aliphatic rings. The minimum absolute atomic E-state index is 0.167. The monoisotopic (exact) mass is 408 g/mol. The van der Waals surface area contributed by atoms with Crippen molar-refractivity contribution in [1.29, 1.82) is 0 Å². The minimum Gasteiger partial charge on any atom is -0.378 e. The van der Waals surface area contributed by atoms with Gasteiger partial charge in [0.1, 0.15) is 11.5 Å². The minimum atomic E-state index is -0.510. The molecule has 0 spiro atoms. The maximum absolute atomic E-state index is 12.6. The molecule has 1 fully saturated rings. The summed E-state index contributed by atoms with van der Waals surface area (Å²) < 4.78 is 6.89. The zero-order valence-corrected chi connectivity index (χ0v) is 16.1. The van der Waals surface area contributed by atoms with Crippen molar-refractivity contribution >= 4 is 17.4 Å². The lowest BCUT2D eigenvalue weighted by Crippen LogP contribution is -2.36. The number of carbonyl (C=O) groups is 1. The third kappa shape index (κ3) is 4.28. The van der Waals surface area contributed by atoms with E-state index in [2.05, 4.69) is 20.2 Å². The van der Waals surface area contributed by atoms with Gasteiger partial charge in [0.2, 0.25) is 0 Å². The SMILES string of the molecule is O=C(NCc1ccnc(N2CCOCC2)c1)c1ccc(-n2ccnc2)c([N+](=O)[O-])c1. The number of imidazole rings is 1. The van der Waals surface area contributed by atoms with Crippen LogP contribution >= 0.6 is 0 Å². The molecule has 4 rings (SSSR count). The lowest BCUT2D eigenvalue weighted by Gasteiger charge is -2.28. The average Bonchev–Trinajstić information content (AvgIpc) is 3.32. The van der Waals surface area contributed by atoms with E-state index in [1.165, 1.54) is 29.2 Å². The molecule has 0 saturated carbocycles. The van der Waals surface area contributed by atoms with Crippen LogP contribution in [-0.4, -0.2) is 51.7 Å². The molecule has 10 heteroatoms. The van der Waals surface area contributed by atoms with Crippen LogP contribution in [0.2, 0.25) is 0 Å². The number of anilines is 1. The van der Waals surface area contributed by atoms with Gasteiger partial charge in [-0.05, 0) is 29.8 Å². The number of nitro groups is 1. The first-order valence-electron chi connectivity index (χ1n) is 9.44. The Balaban J connectivity index is 1.47. The Morgan fingerprint density at radius 3 is 2.77 bits per heavy atom. The van der Waals surface area contributed by atoms with E-state index in [-0.39, 0.29) is 23.7 Å². The van der Waals surface area contributed by atoms with Crippen molar-refractivity contribution < 1.29 is 14.5 Å². The highest BCUT2D eigenvalue weighted by Gasteiger charge is 2.19. The fourth-order valence-electron chi connectivity index (χ4n) is 3.25. The second-order valence-electron chi connectivity index (χ2n) is 6.73. The maximum atomic E-state index is 12.6. The lowest BCUT2D eigenvalue weighted by atomic mass is 10.1. The van der Waals surface area contributed by atoms with Crippen molar-refractivity contribution in [2.75, 3.05) is 31.2 Å². The van der Waals surface area contributed by atoms with Gasteiger partial charge in [0.25, 0.3) is 11.6 Å². The smallest absolute Gasteiger partial charge is 0.294 e. The van der Waals surface area contributed by atoms with Crippen molar-refractivity contribution in [3.05, 3.63) is 76.5 Å². The molecule has 1 aromatic carbocycles. The molecular formula is C20H20N6O4. The van der Waals surface area contributed by atoms with Gasteiger partial charge in [-0.3, -0.25) is 14.9 Å². The number of nitrogens with zero attached hydrogens (tertiary/aromatic N) is 5. The normalized spacial score (nSPS) is 13.8. The number of pyridine rings is 1. The molecule has 30 heavy (non-hydrogen) atoms. The number of hydrogen-bond acceptors (Lipinski definition) is 7. The molecular weight excluding hydrogens is 388 g/mol. The number of morpholine rings is 1. The quantitative estimate of drug-likeness (QED) is 0.489. The van der Waals surface area contributed by atoms with E-state index in [0.29, 0.717) is 18.9 Å². The summed E-state index contributed by atoms with van der Waals surface area (Å²) in [5, 5.41) is 14.3. The van der Waals surface area contributed by atoms with Gasteiger partial charge in [-0.25, -0.2) is 9.97 Å². The van der Waals surface area contributed by atoms with Crippen molar-refractivity contribution in [2.45, 2.75) is 6.54 Å². The van der Waals surface area contributed by atoms with E-state index in [4.69, 9.17) is 4.74 Å². The van der Waals surface area contributed by atoms with Gasteiger partial charge >= 0.3 is 0 Å². The first kappa shape index (κ1) is 19.5. The molecule has 10 nitrogen and oxygen atoms in total. The Bertz CT molecular complexity index is 1050. The molecule has 0 atom stereocenters. The van der Waals surface area contributed by atoms with Gasteiger partial charge in [-0.2, -0.15) is 0 Å². The summed E-state index contributed by atoms with van der Waals surface area (Å²) in [6.45, 7) is 3.16. The van der Waals surface area contributed by atoms with Crippen molar-refractivity contribution in [3.8, 4) is 5.69 Å². The number of hydrogen-bond donors (Lipinski definition) is 1. The highest BCUT2D eigenvalue weighted by molar-refractivity contribution is 5.95. The summed E-state index contributed by atoms with van der Waals surface area (Å²) in [6.07, 6.45) is 6.32. The molecule has 3 heterocycles. The fraction of sp³-hybridized carbons (Fsp3) is 0.250. The van der Waals surface area contributed by atoms with Gasteiger partial charge in [0.15, 0.2) is 0 Å². The summed E-state index contributed by atoms with van der Waals surface area (Å²) in [4.78, 5) is 34.0. The molecule has 3 aromatic rings. The molecule has 0 aliphatic carbocycles. The largest absolute Gasteiger partial charge is 0.378 e. The Morgan fingerprint density at radius 2 is 2.03 bits per heavy atom. The standard InChI is InChI=1S/C20H20N6O4/c27-20(16-1-2-17(18(12-16)26(28)29)25-6-5-21-14-25)23-13-15-3-4-22-19(11-15)24-7-9-30-10-8-24/h1-6,11-12,14H,7-10,13H2,(H,23,27). The maximum Gasteiger partial charge on any atom is 0.294 e. The number of amides is 1. The van der Waals surface area contributed by atoms with Crippen LogP contribution in [0.1, 0.15) is 15.9 Å². The number of aromatic nitrogens is 3. The summed E-state index contributed by atoms with van der Waals surface area (Å²) in [5.41, 5.74) is 1.29. The highest BCUT2D eigenvalue weighted by Crippen LogP contribution is 2.24. The Morgan fingerprint density at radius 1 is 1.20 bits per heavy atom. The molecule has 2 aromatic heterocycles. The van der Waals surface area contributed by atoms with Crippen LogP contribution in [0, 0.1) is 10.1 Å². The molecule has 1 saturated heterocycles. The van der Waals surface area contributed by atoms with Crippen molar-refractivity contribution in [3.63, 3.8) is 0 Å². The summed E-state index contributed by atoms with van der Waals surface area (Å²) in [7, 11) is 0. The Kier molecular flexibility index (Phi) is 5.66. The number of carbonyl (C=O) groups excluding carboxylic acids is 1.